The van der Waals surface area contributed by atoms with E-state index in [4.69, 9.17) is 4.42 Å². The number of amides is 2. The minimum absolute atomic E-state index is 0.0700. The number of nitrogens with one attached hydrogen (secondary N) is 1. The van der Waals surface area contributed by atoms with Crippen LogP contribution in [0.2, 0.25) is 0 Å². The van der Waals surface area contributed by atoms with E-state index in [1.165, 1.54) is 30.9 Å². The van der Waals surface area contributed by atoms with Crippen LogP contribution in [-0.4, -0.2) is 36.3 Å². The Morgan fingerprint density at radius 3 is 2.62 bits per heavy atom. The van der Waals surface area contributed by atoms with Crippen LogP contribution < -0.4 is 5.32 Å². The van der Waals surface area contributed by atoms with Gasteiger partial charge in [0.15, 0.2) is 0 Å². The fourth-order valence-corrected chi connectivity index (χ4v) is 3.70. The third-order valence-corrected chi connectivity index (χ3v) is 5.41. The maximum Gasteiger partial charge on any atom is 0.257 e. The molecule has 1 aromatic heterocycles. The minimum Gasteiger partial charge on any atom is -0.472 e. The van der Waals surface area contributed by atoms with Gasteiger partial charge in [0.25, 0.3) is 5.91 Å². The second-order valence-corrected chi connectivity index (χ2v) is 7.45. The first-order valence-electron chi connectivity index (χ1n) is 9.35. The molecular weight excluding hydrogens is 328 g/mol. The number of piperidine rings is 1. The van der Waals surface area contributed by atoms with Crippen molar-refractivity contribution in [2.45, 2.75) is 25.2 Å². The van der Waals surface area contributed by atoms with E-state index >= 15 is 0 Å². The van der Waals surface area contributed by atoms with E-state index in [1.807, 2.05) is 18.2 Å². The van der Waals surface area contributed by atoms with E-state index in [-0.39, 0.29) is 23.7 Å². The van der Waals surface area contributed by atoms with Gasteiger partial charge in [-0.2, -0.15) is 0 Å². The molecule has 1 aliphatic heterocycles. The second kappa shape index (κ2) is 7.36. The van der Waals surface area contributed by atoms with E-state index < -0.39 is 0 Å². The number of carbonyl (C=O) groups excluding carboxylic acids is 2. The minimum atomic E-state index is -0.177. The molecule has 2 amide bonds. The third kappa shape index (κ3) is 3.82. The molecule has 2 heterocycles. The monoisotopic (exact) mass is 352 g/mol. The van der Waals surface area contributed by atoms with Gasteiger partial charge in [0.2, 0.25) is 5.91 Å². The summed E-state index contributed by atoms with van der Waals surface area (Å²) in [4.78, 5) is 27.3. The molecule has 0 radical (unpaired) electrons. The van der Waals surface area contributed by atoms with Crippen LogP contribution in [0.3, 0.4) is 0 Å². The highest BCUT2D eigenvalue weighted by atomic mass is 16.3. The van der Waals surface area contributed by atoms with Gasteiger partial charge in [-0.25, -0.2) is 0 Å². The van der Waals surface area contributed by atoms with Gasteiger partial charge in [0.1, 0.15) is 6.26 Å². The van der Waals surface area contributed by atoms with Gasteiger partial charge in [-0.1, -0.05) is 30.3 Å². The molecule has 2 aliphatic rings. The first-order valence-corrected chi connectivity index (χ1v) is 9.35. The Balaban J connectivity index is 1.51. The highest BCUT2D eigenvalue weighted by Gasteiger charge is 2.35. The molecule has 2 atom stereocenters. The lowest BCUT2D eigenvalue weighted by Gasteiger charge is -2.37. The van der Waals surface area contributed by atoms with Gasteiger partial charge in [-0.05, 0) is 36.8 Å². The van der Waals surface area contributed by atoms with E-state index in [1.54, 1.807) is 11.0 Å². The number of carbonyl (C=O) groups is 2. The van der Waals surface area contributed by atoms with Crippen molar-refractivity contribution in [2.75, 3.05) is 19.6 Å². The summed E-state index contributed by atoms with van der Waals surface area (Å²) in [5.74, 6) is 0.638. The Hall–Kier alpha value is -2.56. The molecular formula is C21H24N2O3. The number of benzene rings is 1. The Bertz CT molecular complexity index is 753. The lowest BCUT2D eigenvalue weighted by molar-refractivity contribution is -0.126. The number of likely N-dealkylation sites (tertiary alicyclic amines) is 1. The van der Waals surface area contributed by atoms with E-state index in [0.717, 1.165) is 13.0 Å². The number of nitrogens with zero attached hydrogens (tertiary/aromatic N) is 1. The van der Waals surface area contributed by atoms with Gasteiger partial charge >= 0.3 is 0 Å². The molecule has 136 valence electrons. The Morgan fingerprint density at radius 2 is 1.92 bits per heavy atom. The lowest BCUT2D eigenvalue weighted by atomic mass is 9.84. The van der Waals surface area contributed by atoms with Crippen LogP contribution in [0.4, 0.5) is 0 Å². The van der Waals surface area contributed by atoms with Crippen molar-refractivity contribution < 1.29 is 14.0 Å². The van der Waals surface area contributed by atoms with Gasteiger partial charge in [-0.15, -0.1) is 0 Å². The number of furan rings is 1. The first kappa shape index (κ1) is 16.9. The Morgan fingerprint density at radius 1 is 1.12 bits per heavy atom. The van der Waals surface area contributed by atoms with Crippen LogP contribution in [0, 0.1) is 11.8 Å². The fraction of sp³-hybridized carbons (Fsp3) is 0.429. The Kier molecular flexibility index (Phi) is 4.78. The normalized spacial score (nSPS) is 22.8. The second-order valence-electron chi connectivity index (χ2n) is 7.45. The van der Waals surface area contributed by atoms with Crippen LogP contribution in [0.15, 0.2) is 53.3 Å². The maximum atomic E-state index is 12.8. The third-order valence-electron chi connectivity index (χ3n) is 5.41. The van der Waals surface area contributed by atoms with Crippen molar-refractivity contribution in [1.29, 1.82) is 0 Å². The summed E-state index contributed by atoms with van der Waals surface area (Å²) in [6.07, 6.45) is 6.17. The van der Waals surface area contributed by atoms with Crippen molar-refractivity contribution >= 4 is 11.8 Å². The number of hydrogen-bond donors (Lipinski definition) is 1. The number of hydrogen-bond acceptors (Lipinski definition) is 3. The molecule has 2 fully saturated rings. The molecule has 5 heteroatoms. The first-order chi connectivity index (χ1) is 12.7. The summed E-state index contributed by atoms with van der Waals surface area (Å²) in [6, 6.07) is 11.8. The quantitative estimate of drug-likeness (QED) is 0.900. The smallest absolute Gasteiger partial charge is 0.257 e. The molecule has 1 saturated heterocycles. The van der Waals surface area contributed by atoms with Gasteiger partial charge in [0.05, 0.1) is 17.7 Å². The zero-order valence-electron chi connectivity index (χ0n) is 14.8. The van der Waals surface area contributed by atoms with Crippen LogP contribution in [-0.2, 0) is 4.79 Å². The van der Waals surface area contributed by atoms with E-state index in [2.05, 4.69) is 17.4 Å². The van der Waals surface area contributed by atoms with E-state index in [0.29, 0.717) is 24.6 Å². The molecule has 0 spiro atoms. The molecule has 1 aromatic carbocycles. The molecule has 5 nitrogen and oxygen atoms in total. The molecule has 2 aromatic rings. The molecule has 1 N–H and O–H groups in total. The van der Waals surface area contributed by atoms with Crippen molar-refractivity contribution in [1.82, 2.24) is 10.2 Å². The average molecular weight is 352 g/mol. The van der Waals surface area contributed by atoms with Gasteiger partial charge in [-0.3, -0.25) is 9.59 Å². The molecule has 4 rings (SSSR count). The van der Waals surface area contributed by atoms with Gasteiger partial charge < -0.3 is 14.6 Å². The summed E-state index contributed by atoms with van der Waals surface area (Å²) in [6.45, 7) is 1.85. The highest BCUT2D eigenvalue weighted by molar-refractivity contribution is 5.94. The van der Waals surface area contributed by atoms with Crippen molar-refractivity contribution in [2.24, 2.45) is 11.8 Å². The Labute approximate surface area is 153 Å². The molecule has 1 aliphatic carbocycles. The number of rotatable bonds is 5. The zero-order chi connectivity index (χ0) is 17.9. The van der Waals surface area contributed by atoms with Crippen molar-refractivity contribution in [3.8, 4) is 0 Å². The highest BCUT2D eigenvalue weighted by Crippen LogP contribution is 2.32. The van der Waals surface area contributed by atoms with Gasteiger partial charge in [0, 0.05) is 25.6 Å². The maximum absolute atomic E-state index is 12.8. The summed E-state index contributed by atoms with van der Waals surface area (Å²) in [7, 11) is 0. The molecule has 1 saturated carbocycles. The zero-order valence-corrected chi connectivity index (χ0v) is 14.8. The van der Waals surface area contributed by atoms with Crippen molar-refractivity contribution in [3.05, 3.63) is 60.1 Å². The van der Waals surface area contributed by atoms with Crippen molar-refractivity contribution in [3.63, 3.8) is 0 Å². The topological polar surface area (TPSA) is 62.6 Å². The standard InChI is InChI=1S/C21H24N2O3/c24-20(22-11-15-6-7-15)19-10-18(16-4-2-1-3-5-16)12-23(13-19)21(25)17-8-9-26-14-17/h1-5,8-9,14-15,18-19H,6-7,10-13H2,(H,22,24)/t18-,19-/m0/s1. The lowest BCUT2D eigenvalue weighted by Crippen LogP contribution is -2.48. The summed E-state index contributed by atoms with van der Waals surface area (Å²) in [5, 5.41) is 3.09. The SMILES string of the molecule is O=C(NCC1CC1)[C@H]1C[C@H](c2ccccc2)CN(C(=O)c2ccoc2)C1. The van der Waals surface area contributed by atoms with Crippen LogP contribution in [0.1, 0.15) is 41.1 Å². The average Bonchev–Trinajstić information content (AvgIpc) is 3.36. The predicted octanol–water partition coefficient (Wildman–Crippen LogP) is 3.05. The van der Waals surface area contributed by atoms with Crippen LogP contribution >= 0.6 is 0 Å². The molecule has 0 unspecified atom stereocenters. The largest absolute Gasteiger partial charge is 0.472 e. The van der Waals surface area contributed by atoms with E-state index in [9.17, 15) is 9.59 Å². The molecule has 0 bridgehead atoms. The van der Waals surface area contributed by atoms with Crippen LogP contribution in [0.25, 0.3) is 0 Å². The molecule has 26 heavy (non-hydrogen) atoms. The summed E-state index contributed by atoms with van der Waals surface area (Å²) >= 11 is 0. The summed E-state index contributed by atoms with van der Waals surface area (Å²) < 4.78 is 5.06. The fourth-order valence-electron chi connectivity index (χ4n) is 3.70. The van der Waals surface area contributed by atoms with Crippen LogP contribution in [0.5, 0.6) is 0 Å². The summed E-state index contributed by atoms with van der Waals surface area (Å²) in [5.41, 5.74) is 1.72. The predicted molar refractivity (Wildman–Crippen MR) is 97.6 cm³/mol.